The summed E-state index contributed by atoms with van der Waals surface area (Å²) in [6.07, 6.45) is 1.82. The van der Waals surface area contributed by atoms with Gasteiger partial charge < -0.3 is 4.57 Å². The van der Waals surface area contributed by atoms with Crippen LogP contribution in [-0.2, 0) is 0 Å². The van der Waals surface area contributed by atoms with Gasteiger partial charge in [0, 0.05) is 10.4 Å². The molecule has 0 unspecified atom stereocenters. The van der Waals surface area contributed by atoms with Crippen molar-refractivity contribution in [2.75, 3.05) is 6.26 Å². The molecule has 0 spiro atoms. The zero-order chi connectivity index (χ0) is 16.6. The smallest absolute Gasteiger partial charge is 0.208 e. The Kier molecular flexibility index (Phi) is 4.36. The number of nitrogens with zero attached hydrogens (tertiary/aromatic N) is 2. The van der Waals surface area contributed by atoms with Crippen LogP contribution in [0, 0.1) is 11.3 Å². The van der Waals surface area contributed by atoms with Crippen molar-refractivity contribution in [1.82, 2.24) is 4.57 Å². The second-order valence-electron chi connectivity index (χ2n) is 4.77. The zero-order valence-electron chi connectivity index (χ0n) is 12.0. The van der Waals surface area contributed by atoms with Crippen molar-refractivity contribution in [2.24, 2.45) is 0 Å². The molecule has 1 heterocycles. The Morgan fingerprint density at radius 3 is 2.57 bits per heavy atom. The topological polar surface area (TPSA) is 45.8 Å². The van der Waals surface area contributed by atoms with Crippen LogP contribution in [0.3, 0.4) is 0 Å². The van der Waals surface area contributed by atoms with Crippen LogP contribution in [0.25, 0.3) is 16.6 Å². The zero-order valence-corrected chi connectivity index (χ0v) is 14.3. The lowest BCUT2D eigenvalue weighted by Crippen LogP contribution is -2.15. The Bertz CT molecular complexity index is 1020. The molecule has 0 fully saturated rings. The third-order valence-corrected chi connectivity index (χ3v) is 4.80. The van der Waals surface area contributed by atoms with Crippen molar-refractivity contribution >= 4 is 45.9 Å². The number of benzene rings is 2. The van der Waals surface area contributed by atoms with Crippen LogP contribution >= 0.6 is 35.0 Å². The number of halogens is 2. The fourth-order valence-electron chi connectivity index (χ4n) is 2.51. The molecule has 3 rings (SSSR count). The molecule has 0 saturated carbocycles. The van der Waals surface area contributed by atoms with Gasteiger partial charge in [-0.3, -0.25) is 4.79 Å². The predicted octanol–water partition coefficient (Wildman–Crippen LogP) is 4.89. The first-order chi connectivity index (χ1) is 11.1. The third kappa shape index (κ3) is 2.61. The first kappa shape index (κ1) is 15.9. The molecular formula is C17H10Cl2N2OS. The van der Waals surface area contributed by atoms with Crippen molar-refractivity contribution in [1.29, 1.82) is 5.26 Å². The number of hydrogen-bond donors (Lipinski definition) is 0. The average Bonchev–Trinajstić information content (AvgIpc) is 2.55. The van der Waals surface area contributed by atoms with E-state index < -0.39 is 0 Å². The van der Waals surface area contributed by atoms with E-state index in [1.54, 1.807) is 30.3 Å². The summed E-state index contributed by atoms with van der Waals surface area (Å²) in [7, 11) is 0. The molecule has 6 heteroatoms. The molecule has 23 heavy (non-hydrogen) atoms. The van der Waals surface area contributed by atoms with E-state index in [0.29, 0.717) is 31.7 Å². The molecule has 0 aliphatic carbocycles. The van der Waals surface area contributed by atoms with E-state index in [-0.39, 0.29) is 11.0 Å². The first-order valence-electron chi connectivity index (χ1n) is 6.65. The molecule has 0 radical (unpaired) electrons. The summed E-state index contributed by atoms with van der Waals surface area (Å²) in [6.45, 7) is 0. The predicted molar refractivity (Wildman–Crippen MR) is 96.1 cm³/mol. The molecule has 0 amide bonds. The fraction of sp³-hybridized carbons (Fsp3) is 0.0588. The molecule has 0 bridgehead atoms. The van der Waals surface area contributed by atoms with E-state index in [1.807, 2.05) is 29.0 Å². The lowest BCUT2D eigenvalue weighted by molar-refractivity contribution is 0.950. The van der Waals surface area contributed by atoms with Crippen LogP contribution in [0.5, 0.6) is 0 Å². The summed E-state index contributed by atoms with van der Waals surface area (Å²) >= 11 is 13.7. The minimum absolute atomic E-state index is 0.113. The maximum absolute atomic E-state index is 12.6. The third-order valence-electron chi connectivity index (χ3n) is 3.49. The highest BCUT2D eigenvalue weighted by Gasteiger charge is 2.18. The molecule has 0 saturated heterocycles. The van der Waals surface area contributed by atoms with Crippen molar-refractivity contribution in [2.45, 2.75) is 5.03 Å². The molecule has 0 atom stereocenters. The molecule has 0 aliphatic heterocycles. The number of thioether (sulfide) groups is 1. The summed E-state index contributed by atoms with van der Waals surface area (Å²) in [4.78, 5) is 12.6. The maximum Gasteiger partial charge on any atom is 0.208 e. The van der Waals surface area contributed by atoms with E-state index in [4.69, 9.17) is 23.2 Å². The highest BCUT2D eigenvalue weighted by atomic mass is 35.5. The van der Waals surface area contributed by atoms with Gasteiger partial charge in [0.2, 0.25) is 5.43 Å². The van der Waals surface area contributed by atoms with Crippen molar-refractivity contribution < 1.29 is 0 Å². The second-order valence-corrected chi connectivity index (χ2v) is 6.41. The minimum Gasteiger partial charge on any atom is -0.301 e. The largest absolute Gasteiger partial charge is 0.301 e. The fourth-order valence-corrected chi connectivity index (χ4v) is 3.72. The number of pyridine rings is 1. The van der Waals surface area contributed by atoms with Gasteiger partial charge in [-0.05, 0) is 36.6 Å². The monoisotopic (exact) mass is 360 g/mol. The van der Waals surface area contributed by atoms with E-state index in [0.717, 1.165) is 0 Å². The average molecular weight is 361 g/mol. The first-order valence-corrected chi connectivity index (χ1v) is 8.63. The molecule has 0 aliphatic rings. The Balaban J connectivity index is 2.56. The van der Waals surface area contributed by atoms with Crippen molar-refractivity contribution in [3.05, 3.63) is 68.3 Å². The highest BCUT2D eigenvalue weighted by molar-refractivity contribution is 7.98. The summed E-state index contributed by atoms with van der Waals surface area (Å²) in [6, 6.07) is 14.3. The highest BCUT2D eigenvalue weighted by Crippen LogP contribution is 2.32. The number of hydrogen-bond acceptors (Lipinski definition) is 3. The van der Waals surface area contributed by atoms with Gasteiger partial charge >= 0.3 is 0 Å². The van der Waals surface area contributed by atoms with Crippen LogP contribution < -0.4 is 5.43 Å². The number of nitriles is 1. The molecule has 1 aromatic heterocycles. The Morgan fingerprint density at radius 2 is 1.91 bits per heavy atom. The van der Waals surface area contributed by atoms with Gasteiger partial charge in [0.25, 0.3) is 0 Å². The van der Waals surface area contributed by atoms with Gasteiger partial charge in [0.1, 0.15) is 16.7 Å². The van der Waals surface area contributed by atoms with E-state index in [2.05, 4.69) is 0 Å². The van der Waals surface area contributed by atoms with Gasteiger partial charge in [0.05, 0.1) is 16.2 Å². The van der Waals surface area contributed by atoms with Gasteiger partial charge in [-0.1, -0.05) is 35.3 Å². The van der Waals surface area contributed by atoms with E-state index in [9.17, 15) is 10.1 Å². The van der Waals surface area contributed by atoms with Crippen LogP contribution in [0.4, 0.5) is 0 Å². The van der Waals surface area contributed by atoms with Gasteiger partial charge in [0.15, 0.2) is 0 Å². The molecular weight excluding hydrogens is 351 g/mol. The van der Waals surface area contributed by atoms with Crippen LogP contribution in [-0.4, -0.2) is 10.8 Å². The van der Waals surface area contributed by atoms with Gasteiger partial charge in [-0.25, -0.2) is 0 Å². The number of para-hydroxylation sites is 1. The molecule has 3 nitrogen and oxygen atoms in total. The van der Waals surface area contributed by atoms with Gasteiger partial charge in [-0.2, -0.15) is 5.26 Å². The van der Waals surface area contributed by atoms with Crippen molar-refractivity contribution in [3.8, 4) is 11.8 Å². The quantitative estimate of drug-likeness (QED) is 0.611. The van der Waals surface area contributed by atoms with Crippen molar-refractivity contribution in [3.63, 3.8) is 0 Å². The van der Waals surface area contributed by atoms with Crippen LogP contribution in [0.2, 0.25) is 10.0 Å². The Labute approximate surface area is 147 Å². The lowest BCUT2D eigenvalue weighted by Gasteiger charge is -2.18. The summed E-state index contributed by atoms with van der Waals surface area (Å²) in [5, 5.41) is 11.5. The Hall–Kier alpha value is -1.93. The molecule has 3 aromatic rings. The molecule has 2 aromatic carbocycles. The van der Waals surface area contributed by atoms with E-state index in [1.165, 1.54) is 11.8 Å². The van der Waals surface area contributed by atoms with Gasteiger partial charge in [-0.15, -0.1) is 11.8 Å². The lowest BCUT2D eigenvalue weighted by atomic mass is 10.1. The Morgan fingerprint density at radius 1 is 1.17 bits per heavy atom. The SMILES string of the molecule is CSc1c(C#N)c(=O)c2ccccc2n1-c1ccc(Cl)cc1Cl. The normalized spacial score (nSPS) is 10.7. The number of fused-ring (bicyclic) bond motifs is 1. The van der Waals surface area contributed by atoms with E-state index >= 15 is 0 Å². The standard InChI is InChI=1S/C17H10Cl2N2OS/c1-23-17-12(9-20)16(22)11-4-2-3-5-14(11)21(17)15-7-6-10(18)8-13(15)19/h2-8H,1H3. The maximum atomic E-state index is 12.6. The molecule has 0 N–H and O–H groups in total. The minimum atomic E-state index is -0.270. The summed E-state index contributed by atoms with van der Waals surface area (Å²) in [5.74, 6) is 0. The number of aromatic nitrogens is 1. The summed E-state index contributed by atoms with van der Waals surface area (Å²) in [5.41, 5.74) is 1.22. The second kappa shape index (κ2) is 6.29. The number of rotatable bonds is 2. The molecule has 114 valence electrons. The summed E-state index contributed by atoms with van der Waals surface area (Å²) < 4.78 is 1.83. The van der Waals surface area contributed by atoms with Crippen LogP contribution in [0.1, 0.15) is 5.56 Å². The van der Waals surface area contributed by atoms with Crippen LogP contribution in [0.15, 0.2) is 52.3 Å².